The van der Waals surface area contributed by atoms with Crippen LogP contribution in [0.1, 0.15) is 11.1 Å². The topological polar surface area (TPSA) is 41.5 Å². The van der Waals surface area contributed by atoms with Gasteiger partial charge >= 0.3 is 0 Å². The van der Waals surface area contributed by atoms with Crippen molar-refractivity contribution in [2.45, 2.75) is 13.2 Å². The number of aliphatic hydroxyl groups excluding tert-OH is 1. The first-order chi connectivity index (χ1) is 10.2. The predicted octanol–water partition coefficient (Wildman–Crippen LogP) is 0.767. The molecule has 0 radical (unpaired) electrons. The standard InChI is InChI=1S/C16H17BrClNO2.ClH/c17-14-5-6-16(13(9-14)10-19-7-8-20)21-11-12-3-1-2-4-15(12)18;/h1-6,9,19-20H,7-8,10-11H2;1H/p-1. The first kappa shape index (κ1) is 19.3. The van der Waals surface area contributed by atoms with Crippen molar-refractivity contribution in [3.63, 3.8) is 0 Å². The highest BCUT2D eigenvalue weighted by atomic mass is 79.9. The molecular weight excluding hydrogens is 389 g/mol. The molecule has 2 N–H and O–H groups in total. The normalized spacial score (nSPS) is 10.1. The van der Waals surface area contributed by atoms with Crippen LogP contribution in [0.25, 0.3) is 0 Å². The lowest BCUT2D eigenvalue weighted by molar-refractivity contribution is -0.00000544. The third-order valence-corrected chi connectivity index (χ3v) is 3.83. The molecule has 2 rings (SSSR count). The summed E-state index contributed by atoms with van der Waals surface area (Å²) in [6, 6.07) is 13.5. The van der Waals surface area contributed by atoms with Gasteiger partial charge in [-0.1, -0.05) is 45.7 Å². The van der Waals surface area contributed by atoms with Gasteiger partial charge in [0.1, 0.15) is 12.4 Å². The molecule has 120 valence electrons. The molecule has 22 heavy (non-hydrogen) atoms. The van der Waals surface area contributed by atoms with Crippen LogP contribution in [0.15, 0.2) is 46.9 Å². The Hall–Kier alpha value is -0.780. The number of aliphatic hydroxyl groups is 1. The van der Waals surface area contributed by atoms with Crippen LogP contribution in [0.3, 0.4) is 0 Å². The Morgan fingerprint density at radius 1 is 1.14 bits per heavy atom. The third-order valence-electron chi connectivity index (χ3n) is 2.97. The highest BCUT2D eigenvalue weighted by Gasteiger charge is 2.06. The molecule has 0 unspecified atom stereocenters. The summed E-state index contributed by atoms with van der Waals surface area (Å²) >= 11 is 9.59. The number of hydrogen-bond acceptors (Lipinski definition) is 3. The molecule has 0 fully saturated rings. The maximum Gasteiger partial charge on any atom is 0.124 e. The lowest BCUT2D eigenvalue weighted by Gasteiger charge is -2.13. The largest absolute Gasteiger partial charge is 1.00 e. The zero-order valence-corrected chi connectivity index (χ0v) is 15.0. The minimum atomic E-state index is 0. The van der Waals surface area contributed by atoms with Gasteiger partial charge in [0.25, 0.3) is 0 Å². The van der Waals surface area contributed by atoms with E-state index in [1.165, 1.54) is 0 Å². The van der Waals surface area contributed by atoms with Gasteiger partial charge in [0.05, 0.1) is 6.61 Å². The van der Waals surface area contributed by atoms with Gasteiger partial charge in [-0.15, -0.1) is 0 Å². The molecule has 0 atom stereocenters. The Morgan fingerprint density at radius 2 is 1.91 bits per heavy atom. The van der Waals surface area contributed by atoms with Crippen molar-refractivity contribution in [2.75, 3.05) is 13.2 Å². The zero-order valence-electron chi connectivity index (χ0n) is 11.9. The maximum absolute atomic E-state index is 8.83. The molecule has 0 saturated carbocycles. The second kappa shape index (κ2) is 10.1. The Morgan fingerprint density at radius 3 is 2.64 bits per heavy atom. The second-order valence-corrected chi connectivity index (χ2v) is 5.86. The van der Waals surface area contributed by atoms with E-state index in [9.17, 15) is 0 Å². The molecule has 0 saturated heterocycles. The number of hydrogen-bond donors (Lipinski definition) is 2. The van der Waals surface area contributed by atoms with Crippen molar-refractivity contribution < 1.29 is 22.3 Å². The summed E-state index contributed by atoms with van der Waals surface area (Å²) < 4.78 is 6.88. The van der Waals surface area contributed by atoms with E-state index in [0.717, 1.165) is 21.3 Å². The van der Waals surface area contributed by atoms with Crippen molar-refractivity contribution in [1.82, 2.24) is 5.32 Å². The molecule has 6 heteroatoms. The van der Waals surface area contributed by atoms with Crippen LogP contribution in [-0.4, -0.2) is 18.3 Å². The van der Waals surface area contributed by atoms with Gasteiger partial charge < -0.3 is 27.6 Å². The fourth-order valence-electron chi connectivity index (χ4n) is 1.90. The molecule has 2 aromatic carbocycles. The van der Waals surface area contributed by atoms with Gasteiger partial charge in [-0.3, -0.25) is 0 Å². The van der Waals surface area contributed by atoms with Gasteiger partial charge in [-0.2, -0.15) is 0 Å². The zero-order chi connectivity index (χ0) is 15.1. The lowest BCUT2D eigenvalue weighted by Crippen LogP contribution is -3.00. The minimum absolute atomic E-state index is 0. The summed E-state index contributed by atoms with van der Waals surface area (Å²) in [7, 11) is 0. The number of ether oxygens (including phenoxy) is 1. The van der Waals surface area contributed by atoms with Gasteiger partial charge in [-0.05, 0) is 24.3 Å². The molecule has 0 heterocycles. The predicted molar refractivity (Wildman–Crippen MR) is 88.7 cm³/mol. The minimum Gasteiger partial charge on any atom is -1.00 e. The van der Waals surface area contributed by atoms with Crippen LogP contribution >= 0.6 is 27.5 Å². The summed E-state index contributed by atoms with van der Waals surface area (Å²) in [4.78, 5) is 0. The molecule has 3 nitrogen and oxygen atoms in total. The summed E-state index contributed by atoms with van der Waals surface area (Å²) in [6.07, 6.45) is 0. The Balaban J connectivity index is 0.00000242. The molecule has 2 aromatic rings. The molecule has 0 bridgehead atoms. The molecular formula is C16H17BrCl2NO2-. The number of halogens is 3. The molecule has 0 aromatic heterocycles. The van der Waals surface area contributed by atoms with Gasteiger partial charge in [-0.25, -0.2) is 0 Å². The van der Waals surface area contributed by atoms with Crippen LogP contribution in [0, 0.1) is 0 Å². The average molecular weight is 406 g/mol. The van der Waals surface area contributed by atoms with Crippen LogP contribution in [0.4, 0.5) is 0 Å². The fourth-order valence-corrected chi connectivity index (χ4v) is 2.50. The van der Waals surface area contributed by atoms with E-state index in [2.05, 4.69) is 21.2 Å². The molecule has 0 aliphatic rings. The maximum atomic E-state index is 8.83. The van der Waals surface area contributed by atoms with E-state index in [4.69, 9.17) is 21.4 Å². The lowest BCUT2D eigenvalue weighted by atomic mass is 10.2. The van der Waals surface area contributed by atoms with E-state index in [1.807, 2.05) is 42.5 Å². The highest BCUT2D eigenvalue weighted by Crippen LogP contribution is 2.25. The summed E-state index contributed by atoms with van der Waals surface area (Å²) in [6.45, 7) is 1.73. The molecule has 0 spiro atoms. The second-order valence-electron chi connectivity index (χ2n) is 4.53. The molecule has 0 amide bonds. The highest BCUT2D eigenvalue weighted by molar-refractivity contribution is 9.10. The molecule has 0 aliphatic heterocycles. The monoisotopic (exact) mass is 404 g/mol. The SMILES string of the molecule is OCCNCc1cc(Br)ccc1OCc1ccccc1Cl.[Cl-]. The van der Waals surface area contributed by atoms with Crippen molar-refractivity contribution in [2.24, 2.45) is 0 Å². The molecule has 0 aliphatic carbocycles. The van der Waals surface area contributed by atoms with Crippen LogP contribution in [0.2, 0.25) is 5.02 Å². The first-order valence-corrected chi connectivity index (χ1v) is 7.84. The van der Waals surface area contributed by atoms with Crippen LogP contribution in [-0.2, 0) is 13.2 Å². The fraction of sp³-hybridized carbons (Fsp3) is 0.250. The Labute approximate surface area is 150 Å². The average Bonchev–Trinajstić information content (AvgIpc) is 2.48. The van der Waals surface area contributed by atoms with Gasteiger partial charge in [0, 0.05) is 33.7 Å². The number of nitrogens with one attached hydrogen (secondary N) is 1. The van der Waals surface area contributed by atoms with Crippen molar-refractivity contribution >= 4 is 27.5 Å². The first-order valence-electron chi connectivity index (χ1n) is 6.67. The van der Waals surface area contributed by atoms with Crippen LogP contribution in [0.5, 0.6) is 5.75 Å². The van der Waals surface area contributed by atoms with E-state index >= 15 is 0 Å². The van der Waals surface area contributed by atoms with Crippen molar-refractivity contribution in [1.29, 1.82) is 0 Å². The van der Waals surface area contributed by atoms with Crippen LogP contribution < -0.4 is 22.5 Å². The summed E-state index contributed by atoms with van der Waals surface area (Å²) in [5, 5.41) is 12.7. The van der Waals surface area contributed by atoms with Crippen molar-refractivity contribution in [3.05, 3.63) is 63.1 Å². The van der Waals surface area contributed by atoms with Gasteiger partial charge in [0.15, 0.2) is 0 Å². The Bertz CT molecular complexity index is 596. The third kappa shape index (κ3) is 5.78. The summed E-state index contributed by atoms with van der Waals surface area (Å²) in [5.74, 6) is 0.809. The van der Waals surface area contributed by atoms with E-state index in [0.29, 0.717) is 24.7 Å². The Kier molecular flexibility index (Phi) is 8.83. The number of rotatable bonds is 7. The quantitative estimate of drug-likeness (QED) is 0.668. The van der Waals surface area contributed by atoms with E-state index in [-0.39, 0.29) is 19.0 Å². The van der Waals surface area contributed by atoms with E-state index in [1.54, 1.807) is 0 Å². The smallest absolute Gasteiger partial charge is 0.124 e. The van der Waals surface area contributed by atoms with Crippen molar-refractivity contribution in [3.8, 4) is 5.75 Å². The number of benzene rings is 2. The summed E-state index contributed by atoms with van der Waals surface area (Å²) in [5.41, 5.74) is 1.99. The van der Waals surface area contributed by atoms with Gasteiger partial charge in [0.2, 0.25) is 0 Å². The van der Waals surface area contributed by atoms with E-state index < -0.39 is 0 Å².